The smallest absolute Gasteiger partial charge is 0.238 e. The van der Waals surface area contributed by atoms with Crippen molar-refractivity contribution in [2.24, 2.45) is 5.14 Å². The van der Waals surface area contributed by atoms with E-state index >= 15 is 0 Å². The summed E-state index contributed by atoms with van der Waals surface area (Å²) in [6.45, 7) is 0. The Kier molecular flexibility index (Phi) is 3.98. The van der Waals surface area contributed by atoms with Crippen LogP contribution in [0, 0.1) is 0 Å². The van der Waals surface area contributed by atoms with Crippen molar-refractivity contribution in [1.82, 2.24) is 0 Å². The number of primary sulfonamides is 1. The van der Waals surface area contributed by atoms with Crippen molar-refractivity contribution >= 4 is 21.4 Å². The lowest BCUT2D eigenvalue weighted by Gasteiger charge is -2.16. The highest BCUT2D eigenvalue weighted by Gasteiger charge is 2.24. The number of hydrogen-bond donors (Lipinski definition) is 3. The predicted molar refractivity (Wildman–Crippen MR) is 74.3 cm³/mol. The van der Waals surface area contributed by atoms with Gasteiger partial charge in [0.25, 0.3) is 0 Å². The molecule has 2 unspecified atom stereocenters. The Morgan fingerprint density at radius 2 is 2.11 bits per heavy atom. The third-order valence-corrected chi connectivity index (χ3v) is 4.34. The molecule has 1 aromatic carbocycles. The van der Waals surface area contributed by atoms with E-state index in [1.807, 2.05) is 0 Å². The molecule has 0 aliphatic heterocycles. The second kappa shape index (κ2) is 5.36. The molecule has 0 aromatic heterocycles. The van der Waals surface area contributed by atoms with Gasteiger partial charge < -0.3 is 15.8 Å². The maximum Gasteiger partial charge on any atom is 0.238 e. The number of nitrogens with one attached hydrogen (secondary N) is 1. The fourth-order valence-electron chi connectivity index (χ4n) is 2.34. The second-order valence-electron chi connectivity index (χ2n) is 4.81. The molecule has 1 aliphatic rings. The van der Waals surface area contributed by atoms with E-state index in [-0.39, 0.29) is 17.0 Å². The molecule has 0 heterocycles. The van der Waals surface area contributed by atoms with Crippen molar-refractivity contribution < 1.29 is 13.2 Å². The number of nitrogens with two attached hydrogens (primary N) is 2. The minimum atomic E-state index is -3.71. The van der Waals surface area contributed by atoms with Crippen molar-refractivity contribution in [3.63, 3.8) is 0 Å². The lowest BCUT2D eigenvalue weighted by Crippen LogP contribution is -2.19. The summed E-state index contributed by atoms with van der Waals surface area (Å²) in [4.78, 5) is 0.0606. The van der Waals surface area contributed by atoms with Crippen LogP contribution in [0.4, 0.5) is 11.4 Å². The minimum absolute atomic E-state index is 0.0606. The molecule has 106 valence electrons. The summed E-state index contributed by atoms with van der Waals surface area (Å²) in [5.41, 5.74) is 6.96. The maximum atomic E-state index is 11.3. The van der Waals surface area contributed by atoms with Crippen molar-refractivity contribution in [1.29, 1.82) is 0 Å². The molecule has 2 atom stereocenters. The number of benzene rings is 1. The first-order valence-corrected chi connectivity index (χ1v) is 7.66. The van der Waals surface area contributed by atoms with Crippen LogP contribution >= 0.6 is 0 Å². The van der Waals surface area contributed by atoms with E-state index in [9.17, 15) is 8.42 Å². The molecule has 0 spiro atoms. The van der Waals surface area contributed by atoms with Gasteiger partial charge in [0.1, 0.15) is 0 Å². The van der Waals surface area contributed by atoms with Crippen molar-refractivity contribution in [2.45, 2.75) is 36.3 Å². The van der Waals surface area contributed by atoms with E-state index in [0.717, 1.165) is 19.3 Å². The van der Waals surface area contributed by atoms with E-state index in [1.54, 1.807) is 13.2 Å². The predicted octanol–water partition coefficient (Wildman–Crippen LogP) is 0.896. The number of nitrogen functional groups attached to an aromatic ring is 1. The van der Waals surface area contributed by atoms with Crippen LogP contribution in [0.2, 0.25) is 0 Å². The average Bonchev–Trinajstić information content (AvgIpc) is 2.78. The van der Waals surface area contributed by atoms with Gasteiger partial charge in [-0.1, -0.05) is 0 Å². The van der Waals surface area contributed by atoms with Gasteiger partial charge in [0.05, 0.1) is 22.4 Å². The molecular formula is C12H19N3O3S. The van der Waals surface area contributed by atoms with Gasteiger partial charge in [0.15, 0.2) is 0 Å². The van der Waals surface area contributed by atoms with Crippen LogP contribution in [0.1, 0.15) is 19.3 Å². The van der Waals surface area contributed by atoms with Crippen LogP contribution in [-0.4, -0.2) is 27.7 Å². The van der Waals surface area contributed by atoms with Gasteiger partial charge in [0, 0.05) is 13.2 Å². The Balaban J connectivity index is 2.16. The Labute approximate surface area is 113 Å². The van der Waals surface area contributed by atoms with Gasteiger partial charge in [-0.05, 0) is 37.5 Å². The van der Waals surface area contributed by atoms with Gasteiger partial charge in [-0.15, -0.1) is 0 Å². The van der Waals surface area contributed by atoms with Crippen molar-refractivity contribution in [2.75, 3.05) is 18.2 Å². The zero-order valence-electron chi connectivity index (χ0n) is 10.8. The maximum absolute atomic E-state index is 11.3. The minimum Gasteiger partial charge on any atom is -0.397 e. The first-order valence-electron chi connectivity index (χ1n) is 6.12. The molecule has 2 rings (SSSR count). The summed E-state index contributed by atoms with van der Waals surface area (Å²) < 4.78 is 27.9. The highest BCUT2D eigenvalue weighted by atomic mass is 32.2. The van der Waals surface area contributed by atoms with Crippen LogP contribution in [-0.2, 0) is 14.8 Å². The van der Waals surface area contributed by atoms with E-state index in [2.05, 4.69) is 5.32 Å². The number of hydrogen-bond acceptors (Lipinski definition) is 5. The molecule has 0 amide bonds. The second-order valence-corrected chi connectivity index (χ2v) is 6.37. The lowest BCUT2D eigenvalue weighted by atomic mass is 10.2. The molecule has 0 bridgehead atoms. The van der Waals surface area contributed by atoms with Crippen LogP contribution in [0.3, 0.4) is 0 Å². The number of anilines is 2. The first-order chi connectivity index (χ1) is 8.90. The third kappa shape index (κ3) is 3.37. The third-order valence-electron chi connectivity index (χ3n) is 3.43. The van der Waals surface area contributed by atoms with Gasteiger partial charge in [-0.2, -0.15) is 0 Å². The summed E-state index contributed by atoms with van der Waals surface area (Å²) >= 11 is 0. The average molecular weight is 285 g/mol. The molecule has 1 fully saturated rings. The molecular weight excluding hydrogens is 266 g/mol. The summed E-state index contributed by atoms with van der Waals surface area (Å²) in [6, 6.07) is 4.67. The topological polar surface area (TPSA) is 107 Å². The lowest BCUT2D eigenvalue weighted by molar-refractivity contribution is 0.108. The molecule has 1 aromatic rings. The number of ether oxygens (including phenoxy) is 1. The van der Waals surface area contributed by atoms with Crippen LogP contribution in [0.25, 0.3) is 0 Å². The number of sulfonamides is 1. The molecule has 0 saturated heterocycles. The van der Waals surface area contributed by atoms with Gasteiger partial charge >= 0.3 is 0 Å². The summed E-state index contributed by atoms with van der Waals surface area (Å²) in [5.74, 6) is 0. The Hall–Kier alpha value is -1.31. The van der Waals surface area contributed by atoms with Crippen LogP contribution in [0.5, 0.6) is 0 Å². The van der Waals surface area contributed by atoms with Gasteiger partial charge in [-0.3, -0.25) is 0 Å². The van der Waals surface area contributed by atoms with Crippen LogP contribution in [0.15, 0.2) is 23.1 Å². The summed E-state index contributed by atoms with van der Waals surface area (Å²) in [6.07, 6.45) is 3.09. The Bertz CT molecular complexity index is 559. The quantitative estimate of drug-likeness (QED) is 0.712. The monoisotopic (exact) mass is 285 g/mol. The van der Waals surface area contributed by atoms with Gasteiger partial charge in [-0.25, -0.2) is 13.6 Å². The number of methoxy groups -OCH3 is 1. The van der Waals surface area contributed by atoms with Crippen LogP contribution < -0.4 is 16.2 Å². The zero-order valence-corrected chi connectivity index (χ0v) is 11.6. The SMILES string of the molecule is COC1CCC(Nc2cc(S(N)(=O)=O)ccc2N)C1. The van der Waals surface area contributed by atoms with E-state index in [1.165, 1.54) is 12.1 Å². The first kappa shape index (κ1) is 14.1. The molecule has 6 nitrogen and oxygen atoms in total. The standard InChI is InChI=1S/C12H19N3O3S/c1-18-9-3-2-8(6-9)15-12-7-10(19(14,16)17)4-5-11(12)13/h4-5,7-9,15H,2-3,6,13H2,1H3,(H2,14,16,17). The molecule has 7 heteroatoms. The van der Waals surface area contributed by atoms with Gasteiger partial charge in [0.2, 0.25) is 10.0 Å². The van der Waals surface area contributed by atoms with Crippen molar-refractivity contribution in [3.8, 4) is 0 Å². The zero-order chi connectivity index (χ0) is 14.0. The molecule has 19 heavy (non-hydrogen) atoms. The van der Waals surface area contributed by atoms with E-state index in [0.29, 0.717) is 11.4 Å². The van der Waals surface area contributed by atoms with E-state index < -0.39 is 10.0 Å². The molecule has 1 aliphatic carbocycles. The highest BCUT2D eigenvalue weighted by Crippen LogP contribution is 2.28. The van der Waals surface area contributed by atoms with E-state index in [4.69, 9.17) is 15.6 Å². The molecule has 5 N–H and O–H groups in total. The Morgan fingerprint density at radius 3 is 2.68 bits per heavy atom. The normalized spacial score (nSPS) is 23.5. The van der Waals surface area contributed by atoms with Crippen molar-refractivity contribution in [3.05, 3.63) is 18.2 Å². The fraction of sp³-hybridized carbons (Fsp3) is 0.500. The molecule has 1 saturated carbocycles. The largest absolute Gasteiger partial charge is 0.397 e. The fourth-order valence-corrected chi connectivity index (χ4v) is 2.88. The Morgan fingerprint density at radius 1 is 1.37 bits per heavy atom. The summed E-state index contributed by atoms with van der Waals surface area (Å²) in [5, 5.41) is 8.37. The highest BCUT2D eigenvalue weighted by molar-refractivity contribution is 7.89. The molecule has 0 radical (unpaired) electrons. The summed E-state index contributed by atoms with van der Waals surface area (Å²) in [7, 11) is -2.01. The number of rotatable bonds is 4.